The SMILES string of the molecule is Cc1ccc2cccc(C(=O)N3CCNC[C@H]3C)c2n1.Cl.Cl. The predicted octanol–water partition coefficient (Wildman–Crippen LogP) is 2.82. The average Bonchev–Trinajstić information content (AvgIpc) is 2.46. The summed E-state index contributed by atoms with van der Waals surface area (Å²) in [5.74, 6) is 0.0858. The van der Waals surface area contributed by atoms with Crippen molar-refractivity contribution in [2.45, 2.75) is 19.9 Å². The van der Waals surface area contributed by atoms with Gasteiger partial charge < -0.3 is 10.2 Å². The van der Waals surface area contributed by atoms with Gasteiger partial charge in [0.25, 0.3) is 5.91 Å². The van der Waals surface area contributed by atoms with Gasteiger partial charge in [-0.05, 0) is 26.0 Å². The van der Waals surface area contributed by atoms with E-state index in [-0.39, 0.29) is 36.8 Å². The molecule has 6 heteroatoms. The minimum Gasteiger partial charge on any atom is -0.333 e. The molecule has 1 fully saturated rings. The molecule has 2 aromatic rings. The first-order valence-electron chi connectivity index (χ1n) is 7.05. The normalized spacial score (nSPS) is 17.5. The molecule has 1 N–H and O–H groups in total. The minimum atomic E-state index is 0. The summed E-state index contributed by atoms with van der Waals surface area (Å²) in [6.07, 6.45) is 0. The summed E-state index contributed by atoms with van der Waals surface area (Å²) in [6, 6.07) is 10.0. The van der Waals surface area contributed by atoms with E-state index < -0.39 is 0 Å². The largest absolute Gasteiger partial charge is 0.333 e. The number of aryl methyl sites for hydroxylation is 1. The van der Waals surface area contributed by atoms with Crippen molar-refractivity contribution >= 4 is 41.6 Å². The van der Waals surface area contributed by atoms with Crippen molar-refractivity contribution in [3.8, 4) is 0 Å². The Morgan fingerprint density at radius 3 is 2.77 bits per heavy atom. The van der Waals surface area contributed by atoms with Crippen molar-refractivity contribution in [2.75, 3.05) is 19.6 Å². The number of piperazine rings is 1. The second-order valence-electron chi connectivity index (χ2n) is 5.38. The highest BCUT2D eigenvalue weighted by Crippen LogP contribution is 2.20. The Bertz CT molecular complexity index is 663. The molecule has 2 heterocycles. The first-order valence-corrected chi connectivity index (χ1v) is 7.05. The number of amides is 1. The molecule has 0 saturated carbocycles. The molecule has 0 bridgehead atoms. The first-order chi connectivity index (χ1) is 9.66. The molecule has 1 amide bonds. The maximum absolute atomic E-state index is 12.8. The van der Waals surface area contributed by atoms with Gasteiger partial charge in [0.1, 0.15) is 0 Å². The van der Waals surface area contributed by atoms with Crippen LogP contribution in [0.3, 0.4) is 0 Å². The topological polar surface area (TPSA) is 45.2 Å². The van der Waals surface area contributed by atoms with Crippen molar-refractivity contribution < 1.29 is 4.79 Å². The van der Waals surface area contributed by atoms with Gasteiger partial charge in [-0.3, -0.25) is 9.78 Å². The highest BCUT2D eigenvalue weighted by molar-refractivity contribution is 6.05. The van der Waals surface area contributed by atoms with Gasteiger partial charge in [0.15, 0.2) is 0 Å². The van der Waals surface area contributed by atoms with Crippen molar-refractivity contribution in [3.63, 3.8) is 0 Å². The maximum atomic E-state index is 12.8. The van der Waals surface area contributed by atoms with Gasteiger partial charge in [-0.15, -0.1) is 24.8 Å². The zero-order valence-corrected chi connectivity index (χ0v) is 14.3. The van der Waals surface area contributed by atoms with Crippen LogP contribution in [0.25, 0.3) is 10.9 Å². The van der Waals surface area contributed by atoms with Crippen LogP contribution in [-0.4, -0.2) is 41.5 Å². The molecule has 0 spiro atoms. The average molecular weight is 342 g/mol. The fourth-order valence-corrected chi connectivity index (χ4v) is 2.71. The van der Waals surface area contributed by atoms with Crippen LogP contribution in [-0.2, 0) is 0 Å². The van der Waals surface area contributed by atoms with Gasteiger partial charge in [0.2, 0.25) is 0 Å². The number of pyridine rings is 1. The van der Waals surface area contributed by atoms with Crippen LogP contribution in [0.15, 0.2) is 30.3 Å². The van der Waals surface area contributed by atoms with E-state index in [1.807, 2.05) is 42.2 Å². The lowest BCUT2D eigenvalue weighted by molar-refractivity contribution is 0.0657. The molecule has 1 aliphatic rings. The van der Waals surface area contributed by atoms with Gasteiger partial charge in [0.05, 0.1) is 11.1 Å². The summed E-state index contributed by atoms with van der Waals surface area (Å²) in [7, 11) is 0. The third-order valence-corrected chi connectivity index (χ3v) is 3.85. The van der Waals surface area contributed by atoms with E-state index in [0.717, 1.165) is 36.2 Å². The Hall–Kier alpha value is -1.36. The van der Waals surface area contributed by atoms with Crippen molar-refractivity contribution in [2.24, 2.45) is 0 Å². The number of carbonyl (C=O) groups excluding carboxylic acids is 1. The molecule has 3 rings (SSSR count). The number of hydrogen-bond donors (Lipinski definition) is 1. The molecule has 0 radical (unpaired) electrons. The first kappa shape index (κ1) is 18.7. The van der Waals surface area contributed by atoms with E-state index in [1.165, 1.54) is 0 Å². The molecule has 22 heavy (non-hydrogen) atoms. The lowest BCUT2D eigenvalue weighted by atomic mass is 10.1. The summed E-state index contributed by atoms with van der Waals surface area (Å²) in [6.45, 7) is 6.49. The van der Waals surface area contributed by atoms with Crippen LogP contribution in [0.2, 0.25) is 0 Å². The van der Waals surface area contributed by atoms with E-state index in [4.69, 9.17) is 0 Å². The molecule has 120 valence electrons. The molecular weight excluding hydrogens is 321 g/mol. The third-order valence-electron chi connectivity index (χ3n) is 3.85. The predicted molar refractivity (Wildman–Crippen MR) is 94.3 cm³/mol. The Kier molecular flexibility index (Phi) is 6.60. The Balaban J connectivity index is 0.00000121. The summed E-state index contributed by atoms with van der Waals surface area (Å²) in [4.78, 5) is 19.3. The standard InChI is InChI=1S/C16H19N3O.2ClH/c1-11-6-7-13-4-3-5-14(15(13)18-11)16(20)19-9-8-17-10-12(19)2;;/h3-7,12,17H,8-10H2,1-2H3;2*1H/t12-;;/m1../s1. The number of nitrogens with zero attached hydrogens (tertiary/aromatic N) is 2. The van der Waals surface area contributed by atoms with E-state index >= 15 is 0 Å². The number of para-hydroxylation sites is 1. The van der Waals surface area contributed by atoms with Gasteiger partial charge in [-0.25, -0.2) is 0 Å². The van der Waals surface area contributed by atoms with Crippen molar-refractivity contribution in [1.82, 2.24) is 15.2 Å². The number of hydrogen-bond acceptors (Lipinski definition) is 3. The van der Waals surface area contributed by atoms with Crippen LogP contribution in [0.1, 0.15) is 23.0 Å². The van der Waals surface area contributed by atoms with Gasteiger partial charge in [0, 0.05) is 36.8 Å². The van der Waals surface area contributed by atoms with Crippen LogP contribution in [0, 0.1) is 6.92 Å². The molecular formula is C16H21Cl2N3O. The van der Waals surface area contributed by atoms with E-state index in [1.54, 1.807) is 0 Å². The molecule has 4 nitrogen and oxygen atoms in total. The molecule has 1 aromatic carbocycles. The highest BCUT2D eigenvalue weighted by Gasteiger charge is 2.25. The van der Waals surface area contributed by atoms with Crippen LogP contribution in [0.4, 0.5) is 0 Å². The number of rotatable bonds is 1. The number of halogens is 2. The Morgan fingerprint density at radius 1 is 1.27 bits per heavy atom. The van der Waals surface area contributed by atoms with E-state index in [9.17, 15) is 4.79 Å². The number of carbonyl (C=O) groups is 1. The third kappa shape index (κ3) is 3.51. The quantitative estimate of drug-likeness (QED) is 0.867. The zero-order chi connectivity index (χ0) is 14.1. The van der Waals surface area contributed by atoms with Crippen molar-refractivity contribution in [3.05, 3.63) is 41.6 Å². The van der Waals surface area contributed by atoms with Gasteiger partial charge in [-0.1, -0.05) is 18.2 Å². The summed E-state index contributed by atoms with van der Waals surface area (Å²) in [5.41, 5.74) is 2.45. The second kappa shape index (κ2) is 7.77. The van der Waals surface area contributed by atoms with Gasteiger partial charge >= 0.3 is 0 Å². The Morgan fingerprint density at radius 2 is 2.05 bits per heavy atom. The smallest absolute Gasteiger partial charge is 0.256 e. The minimum absolute atomic E-state index is 0. The monoisotopic (exact) mass is 341 g/mol. The number of benzene rings is 1. The van der Waals surface area contributed by atoms with Crippen LogP contribution in [0.5, 0.6) is 0 Å². The molecule has 1 aliphatic heterocycles. The Labute approximate surface area is 143 Å². The fourth-order valence-electron chi connectivity index (χ4n) is 2.71. The lowest BCUT2D eigenvalue weighted by Gasteiger charge is -2.34. The number of fused-ring (bicyclic) bond motifs is 1. The zero-order valence-electron chi connectivity index (χ0n) is 12.7. The lowest BCUT2D eigenvalue weighted by Crippen LogP contribution is -2.52. The van der Waals surface area contributed by atoms with Gasteiger partial charge in [-0.2, -0.15) is 0 Å². The van der Waals surface area contributed by atoms with E-state index in [0.29, 0.717) is 5.56 Å². The van der Waals surface area contributed by atoms with E-state index in [2.05, 4.69) is 17.2 Å². The second-order valence-corrected chi connectivity index (χ2v) is 5.38. The van der Waals surface area contributed by atoms with Crippen molar-refractivity contribution in [1.29, 1.82) is 0 Å². The summed E-state index contributed by atoms with van der Waals surface area (Å²) >= 11 is 0. The number of aromatic nitrogens is 1. The van der Waals surface area contributed by atoms with Crippen LogP contribution < -0.4 is 5.32 Å². The molecule has 1 aromatic heterocycles. The molecule has 0 unspecified atom stereocenters. The fraction of sp³-hybridized carbons (Fsp3) is 0.375. The summed E-state index contributed by atoms with van der Waals surface area (Å²) in [5, 5.41) is 4.33. The maximum Gasteiger partial charge on any atom is 0.256 e. The molecule has 1 atom stereocenters. The number of nitrogens with one attached hydrogen (secondary N) is 1. The molecule has 1 saturated heterocycles. The molecule has 0 aliphatic carbocycles. The highest BCUT2D eigenvalue weighted by atomic mass is 35.5. The summed E-state index contributed by atoms with van der Waals surface area (Å²) < 4.78 is 0. The van der Waals surface area contributed by atoms with Crippen LogP contribution >= 0.6 is 24.8 Å².